The molecule has 0 aromatic heterocycles. The average Bonchev–Trinajstić information content (AvgIpc) is 2.78. The summed E-state index contributed by atoms with van der Waals surface area (Å²) in [7, 11) is 0. The SMILES string of the molecule is O=C(OC(C(=O)Nc1ccc([N+](=O)[O-])cc1Cl)c1ccccc1)c1ccc(Cl)cc1[N+](=O)[O-]. The molecule has 0 aliphatic rings. The molecule has 0 heterocycles. The fourth-order valence-electron chi connectivity index (χ4n) is 2.82. The molecule has 1 amide bonds. The van der Waals surface area contributed by atoms with Crippen LogP contribution in [0.5, 0.6) is 0 Å². The molecule has 3 rings (SSSR count). The smallest absolute Gasteiger partial charge is 0.346 e. The van der Waals surface area contributed by atoms with Crippen LogP contribution in [0.25, 0.3) is 0 Å². The van der Waals surface area contributed by atoms with Crippen LogP contribution in [0.4, 0.5) is 17.1 Å². The fraction of sp³-hybridized carbons (Fsp3) is 0.0476. The third-order valence-corrected chi connectivity index (χ3v) is 4.91. The Labute approximate surface area is 196 Å². The van der Waals surface area contributed by atoms with Crippen molar-refractivity contribution in [2.75, 3.05) is 5.32 Å². The highest BCUT2D eigenvalue weighted by atomic mass is 35.5. The number of benzene rings is 3. The van der Waals surface area contributed by atoms with Crippen LogP contribution < -0.4 is 5.32 Å². The van der Waals surface area contributed by atoms with Crippen molar-refractivity contribution in [2.24, 2.45) is 0 Å². The van der Waals surface area contributed by atoms with Gasteiger partial charge in [-0.25, -0.2) is 4.79 Å². The van der Waals surface area contributed by atoms with Gasteiger partial charge in [-0.3, -0.25) is 25.0 Å². The lowest BCUT2D eigenvalue weighted by molar-refractivity contribution is -0.385. The van der Waals surface area contributed by atoms with Gasteiger partial charge in [0.05, 0.1) is 20.6 Å². The number of carbonyl (C=O) groups excluding carboxylic acids is 2. The molecule has 3 aromatic rings. The number of carbonyl (C=O) groups is 2. The molecular weight excluding hydrogens is 477 g/mol. The third kappa shape index (κ3) is 5.62. The van der Waals surface area contributed by atoms with E-state index in [1.54, 1.807) is 18.2 Å². The summed E-state index contributed by atoms with van der Waals surface area (Å²) in [4.78, 5) is 46.5. The number of halogens is 2. The standard InChI is InChI=1S/C21H13Cl2N3O7/c22-13-6-8-15(18(10-13)26(31)32)21(28)33-19(12-4-2-1-3-5-12)20(27)24-17-9-7-14(25(29)30)11-16(17)23/h1-11,19H,(H,24,27). The normalized spacial score (nSPS) is 11.3. The number of hydrogen-bond donors (Lipinski definition) is 1. The number of esters is 1. The highest BCUT2D eigenvalue weighted by Gasteiger charge is 2.30. The largest absolute Gasteiger partial charge is 0.443 e. The van der Waals surface area contributed by atoms with Gasteiger partial charge in [-0.05, 0) is 18.2 Å². The van der Waals surface area contributed by atoms with Crippen molar-refractivity contribution in [3.63, 3.8) is 0 Å². The van der Waals surface area contributed by atoms with Crippen molar-refractivity contribution in [3.05, 3.63) is 108 Å². The summed E-state index contributed by atoms with van der Waals surface area (Å²) in [5, 5.41) is 24.6. The molecule has 0 fully saturated rings. The van der Waals surface area contributed by atoms with Crippen molar-refractivity contribution < 1.29 is 24.2 Å². The number of hydrogen-bond acceptors (Lipinski definition) is 7. The first-order valence-electron chi connectivity index (χ1n) is 9.12. The lowest BCUT2D eigenvalue weighted by atomic mass is 10.1. The molecule has 0 radical (unpaired) electrons. The molecule has 0 spiro atoms. The number of anilines is 1. The van der Waals surface area contributed by atoms with Crippen LogP contribution in [0.15, 0.2) is 66.7 Å². The lowest BCUT2D eigenvalue weighted by Crippen LogP contribution is -2.26. The lowest BCUT2D eigenvalue weighted by Gasteiger charge is -2.18. The van der Waals surface area contributed by atoms with E-state index in [1.165, 1.54) is 24.3 Å². The molecule has 168 valence electrons. The van der Waals surface area contributed by atoms with Crippen molar-refractivity contribution in [1.29, 1.82) is 0 Å². The Bertz CT molecular complexity index is 1250. The molecule has 3 aromatic carbocycles. The van der Waals surface area contributed by atoms with E-state index in [2.05, 4.69) is 5.32 Å². The monoisotopic (exact) mass is 489 g/mol. The Balaban J connectivity index is 1.92. The molecular formula is C21H13Cl2N3O7. The highest BCUT2D eigenvalue weighted by Crippen LogP contribution is 2.30. The quantitative estimate of drug-likeness (QED) is 0.267. The van der Waals surface area contributed by atoms with Crippen molar-refractivity contribution in [3.8, 4) is 0 Å². The number of nitrogens with one attached hydrogen (secondary N) is 1. The van der Waals surface area contributed by atoms with E-state index in [0.717, 1.165) is 24.3 Å². The number of nitro benzene ring substituents is 2. The molecule has 0 aliphatic heterocycles. The highest BCUT2D eigenvalue weighted by molar-refractivity contribution is 6.34. The van der Waals surface area contributed by atoms with Crippen LogP contribution in [-0.2, 0) is 9.53 Å². The van der Waals surface area contributed by atoms with Gasteiger partial charge >= 0.3 is 5.97 Å². The summed E-state index contributed by atoms with van der Waals surface area (Å²) in [5.41, 5.74) is -0.941. The van der Waals surface area contributed by atoms with Gasteiger partial charge in [-0.2, -0.15) is 0 Å². The molecule has 0 saturated heterocycles. The third-order valence-electron chi connectivity index (χ3n) is 4.36. The second-order valence-electron chi connectivity index (χ2n) is 6.53. The number of nitrogens with zero attached hydrogens (tertiary/aromatic N) is 2. The molecule has 33 heavy (non-hydrogen) atoms. The molecule has 1 unspecified atom stereocenters. The van der Waals surface area contributed by atoms with Crippen LogP contribution in [-0.4, -0.2) is 21.7 Å². The van der Waals surface area contributed by atoms with Crippen molar-refractivity contribution in [2.45, 2.75) is 6.10 Å². The first-order chi connectivity index (χ1) is 15.7. The molecule has 12 heteroatoms. The number of amides is 1. The predicted molar refractivity (Wildman–Crippen MR) is 119 cm³/mol. The number of rotatable bonds is 7. The summed E-state index contributed by atoms with van der Waals surface area (Å²) in [6.45, 7) is 0. The Kier molecular flexibility index (Phi) is 7.21. The summed E-state index contributed by atoms with van der Waals surface area (Å²) in [6, 6.07) is 14.7. The Morgan fingerprint density at radius 2 is 1.61 bits per heavy atom. The van der Waals surface area contributed by atoms with Crippen LogP contribution in [0.1, 0.15) is 22.0 Å². The first kappa shape index (κ1) is 23.6. The number of non-ortho nitro benzene ring substituents is 1. The molecule has 10 nitrogen and oxygen atoms in total. The molecule has 1 atom stereocenters. The van der Waals surface area contributed by atoms with Gasteiger partial charge in [0.25, 0.3) is 17.3 Å². The topological polar surface area (TPSA) is 142 Å². The number of ether oxygens (including phenoxy) is 1. The van der Waals surface area contributed by atoms with E-state index in [9.17, 15) is 29.8 Å². The summed E-state index contributed by atoms with van der Waals surface area (Å²) in [5.74, 6) is -1.96. The van der Waals surface area contributed by atoms with Gasteiger partial charge in [-0.15, -0.1) is 0 Å². The van der Waals surface area contributed by atoms with Gasteiger partial charge in [0.1, 0.15) is 5.56 Å². The van der Waals surface area contributed by atoms with Gasteiger partial charge in [0.15, 0.2) is 0 Å². The van der Waals surface area contributed by atoms with Gasteiger partial charge in [-0.1, -0.05) is 53.5 Å². The average molecular weight is 490 g/mol. The Hall–Kier alpha value is -4.02. The maximum absolute atomic E-state index is 13.0. The van der Waals surface area contributed by atoms with E-state index in [1.807, 2.05) is 0 Å². The fourth-order valence-corrected chi connectivity index (χ4v) is 3.21. The van der Waals surface area contributed by atoms with E-state index in [4.69, 9.17) is 27.9 Å². The van der Waals surface area contributed by atoms with Crippen LogP contribution >= 0.6 is 23.2 Å². The Morgan fingerprint density at radius 3 is 2.21 bits per heavy atom. The minimum Gasteiger partial charge on any atom is -0.443 e. The Morgan fingerprint density at radius 1 is 0.909 bits per heavy atom. The van der Waals surface area contributed by atoms with Crippen molar-refractivity contribution >= 4 is 52.1 Å². The van der Waals surface area contributed by atoms with E-state index in [-0.39, 0.29) is 27.0 Å². The van der Waals surface area contributed by atoms with Crippen molar-refractivity contribution in [1.82, 2.24) is 0 Å². The molecule has 0 saturated carbocycles. The van der Waals surface area contributed by atoms with Crippen LogP contribution in [0.3, 0.4) is 0 Å². The maximum Gasteiger partial charge on any atom is 0.346 e. The summed E-state index contributed by atoms with van der Waals surface area (Å²) in [6.07, 6.45) is -1.51. The molecule has 0 bridgehead atoms. The van der Waals surface area contributed by atoms with Gasteiger partial charge in [0.2, 0.25) is 6.10 Å². The maximum atomic E-state index is 13.0. The van der Waals surface area contributed by atoms with Crippen LogP contribution in [0.2, 0.25) is 10.0 Å². The predicted octanol–water partition coefficient (Wildman–Crippen LogP) is 5.35. The van der Waals surface area contributed by atoms with Gasteiger partial charge < -0.3 is 10.1 Å². The second-order valence-corrected chi connectivity index (χ2v) is 7.37. The van der Waals surface area contributed by atoms with E-state index < -0.39 is 39.1 Å². The molecule has 1 N–H and O–H groups in total. The van der Waals surface area contributed by atoms with Gasteiger partial charge in [0, 0.05) is 28.8 Å². The second kappa shape index (κ2) is 10.1. The molecule has 0 aliphatic carbocycles. The van der Waals surface area contributed by atoms with E-state index in [0.29, 0.717) is 0 Å². The van der Waals surface area contributed by atoms with E-state index >= 15 is 0 Å². The summed E-state index contributed by atoms with van der Waals surface area (Å²) < 4.78 is 5.34. The minimum atomic E-state index is -1.51. The zero-order valence-corrected chi connectivity index (χ0v) is 17.9. The zero-order valence-electron chi connectivity index (χ0n) is 16.4. The van der Waals surface area contributed by atoms with Crippen LogP contribution in [0, 0.1) is 20.2 Å². The zero-order chi connectivity index (χ0) is 24.1. The minimum absolute atomic E-state index is 0.0433. The first-order valence-corrected chi connectivity index (χ1v) is 9.87. The summed E-state index contributed by atoms with van der Waals surface area (Å²) >= 11 is 11.8. The number of nitro groups is 2.